The molecule has 0 atom stereocenters. The zero-order valence-corrected chi connectivity index (χ0v) is 15.2. The second kappa shape index (κ2) is 7.92. The van der Waals surface area contributed by atoms with Crippen LogP contribution in [-0.2, 0) is 11.3 Å². The molecular weight excluding hydrogens is 342 g/mol. The number of thiophene rings is 1. The molecule has 24 heavy (non-hydrogen) atoms. The summed E-state index contributed by atoms with van der Waals surface area (Å²) in [6, 6.07) is 14.0. The van der Waals surface area contributed by atoms with E-state index in [4.69, 9.17) is 11.6 Å². The van der Waals surface area contributed by atoms with Crippen molar-refractivity contribution >= 4 is 34.6 Å². The molecule has 1 aromatic heterocycles. The number of benzene rings is 1. The van der Waals surface area contributed by atoms with Crippen LogP contribution < -0.4 is 0 Å². The monoisotopic (exact) mass is 361 g/mol. The van der Waals surface area contributed by atoms with Gasteiger partial charge in [-0.2, -0.15) is 5.10 Å². The Balaban J connectivity index is 1.61. The Labute approximate surface area is 151 Å². The summed E-state index contributed by atoms with van der Waals surface area (Å²) >= 11 is 7.54. The van der Waals surface area contributed by atoms with Crippen molar-refractivity contribution in [1.82, 2.24) is 9.91 Å². The highest BCUT2D eigenvalue weighted by molar-refractivity contribution is 7.16. The molecule has 0 N–H and O–H groups in total. The van der Waals surface area contributed by atoms with E-state index in [-0.39, 0.29) is 5.91 Å². The van der Waals surface area contributed by atoms with Gasteiger partial charge in [-0.25, -0.2) is 5.01 Å². The van der Waals surface area contributed by atoms with Crippen molar-refractivity contribution in [2.75, 3.05) is 19.6 Å². The molecule has 0 saturated carbocycles. The lowest BCUT2D eigenvalue weighted by Crippen LogP contribution is -2.36. The minimum absolute atomic E-state index is 0.0467. The van der Waals surface area contributed by atoms with Crippen LogP contribution in [0.3, 0.4) is 0 Å². The van der Waals surface area contributed by atoms with Crippen molar-refractivity contribution in [3.05, 3.63) is 57.2 Å². The molecule has 6 heteroatoms. The zero-order valence-electron chi connectivity index (χ0n) is 13.6. The van der Waals surface area contributed by atoms with Crippen LogP contribution in [0.2, 0.25) is 4.34 Å². The van der Waals surface area contributed by atoms with Crippen LogP contribution in [0.5, 0.6) is 0 Å². The molecule has 2 aromatic rings. The summed E-state index contributed by atoms with van der Waals surface area (Å²) < 4.78 is 0.782. The van der Waals surface area contributed by atoms with Gasteiger partial charge in [-0.05, 0) is 24.2 Å². The molecule has 3 rings (SSSR count). The average Bonchev–Trinajstić information content (AvgIpc) is 3.24. The van der Waals surface area contributed by atoms with Gasteiger partial charge in [-0.15, -0.1) is 11.3 Å². The molecule has 0 fully saturated rings. The first kappa shape index (κ1) is 17.1. The molecule has 2 heterocycles. The third-order valence-electron chi connectivity index (χ3n) is 4.01. The number of hydrogen-bond acceptors (Lipinski definition) is 4. The fourth-order valence-electron chi connectivity index (χ4n) is 2.68. The van der Waals surface area contributed by atoms with Crippen LogP contribution >= 0.6 is 22.9 Å². The van der Waals surface area contributed by atoms with Crippen molar-refractivity contribution < 1.29 is 4.79 Å². The third kappa shape index (κ3) is 4.23. The number of hydrazone groups is 1. The molecule has 0 unspecified atom stereocenters. The highest BCUT2D eigenvalue weighted by Crippen LogP contribution is 2.23. The first-order chi connectivity index (χ1) is 11.7. The summed E-state index contributed by atoms with van der Waals surface area (Å²) in [7, 11) is 0. The maximum atomic E-state index is 12.5. The Hall–Kier alpha value is -1.69. The van der Waals surface area contributed by atoms with E-state index in [0.717, 1.165) is 35.1 Å². The molecule has 126 valence electrons. The Morgan fingerprint density at radius 1 is 1.29 bits per heavy atom. The SMILES string of the molecule is CCN(CC(=O)N1CCC(c2ccccc2)=N1)Cc1ccc(Cl)s1. The Morgan fingerprint density at radius 2 is 2.08 bits per heavy atom. The van der Waals surface area contributed by atoms with Crippen molar-refractivity contribution in [3.8, 4) is 0 Å². The highest BCUT2D eigenvalue weighted by atomic mass is 35.5. The minimum Gasteiger partial charge on any atom is -0.290 e. The highest BCUT2D eigenvalue weighted by Gasteiger charge is 2.23. The first-order valence-corrected chi connectivity index (χ1v) is 9.25. The molecular formula is C18H20ClN3OS. The van der Waals surface area contributed by atoms with Crippen molar-refractivity contribution in [1.29, 1.82) is 0 Å². The van der Waals surface area contributed by atoms with Gasteiger partial charge in [0.05, 0.1) is 23.1 Å². The smallest absolute Gasteiger partial charge is 0.256 e. The first-order valence-electron chi connectivity index (χ1n) is 8.05. The summed E-state index contributed by atoms with van der Waals surface area (Å²) in [5, 5.41) is 6.12. The summed E-state index contributed by atoms with van der Waals surface area (Å²) in [6.45, 7) is 4.64. The summed E-state index contributed by atoms with van der Waals surface area (Å²) in [4.78, 5) is 15.8. The van der Waals surface area contributed by atoms with Crippen molar-refractivity contribution in [2.45, 2.75) is 19.9 Å². The van der Waals surface area contributed by atoms with E-state index in [9.17, 15) is 4.79 Å². The van der Waals surface area contributed by atoms with Gasteiger partial charge in [0.2, 0.25) is 0 Å². The van der Waals surface area contributed by atoms with E-state index in [1.807, 2.05) is 42.5 Å². The Bertz CT molecular complexity index is 729. The largest absolute Gasteiger partial charge is 0.290 e. The van der Waals surface area contributed by atoms with E-state index in [2.05, 4.69) is 16.9 Å². The molecule has 1 amide bonds. The Kier molecular flexibility index (Phi) is 5.66. The number of hydrogen-bond donors (Lipinski definition) is 0. The molecule has 0 aliphatic carbocycles. The fourth-order valence-corrected chi connectivity index (χ4v) is 3.81. The van der Waals surface area contributed by atoms with Gasteiger partial charge in [-0.3, -0.25) is 9.69 Å². The second-order valence-corrected chi connectivity index (χ2v) is 7.49. The zero-order chi connectivity index (χ0) is 16.9. The van der Waals surface area contributed by atoms with Gasteiger partial charge in [-0.1, -0.05) is 48.9 Å². The molecule has 0 spiro atoms. The average molecular weight is 362 g/mol. The number of nitrogens with zero attached hydrogens (tertiary/aromatic N) is 3. The number of likely N-dealkylation sites (N-methyl/N-ethyl adjacent to an activating group) is 1. The standard InChI is InChI=1S/C18H20ClN3OS/c1-2-21(12-15-8-9-17(19)24-15)13-18(23)22-11-10-16(20-22)14-6-4-3-5-7-14/h3-9H,2,10-13H2,1H3. The van der Waals surface area contributed by atoms with Gasteiger partial charge >= 0.3 is 0 Å². The van der Waals surface area contributed by atoms with Crippen molar-refractivity contribution in [3.63, 3.8) is 0 Å². The molecule has 1 aliphatic rings. The number of carbonyl (C=O) groups excluding carboxylic acids is 1. The predicted octanol–water partition coefficient (Wildman–Crippen LogP) is 3.86. The number of carbonyl (C=O) groups is 1. The van der Waals surface area contributed by atoms with E-state index >= 15 is 0 Å². The predicted molar refractivity (Wildman–Crippen MR) is 99.6 cm³/mol. The molecule has 1 aliphatic heterocycles. The van der Waals surface area contributed by atoms with Crippen LogP contribution in [0.4, 0.5) is 0 Å². The number of halogens is 1. The summed E-state index contributed by atoms with van der Waals surface area (Å²) in [6.07, 6.45) is 0.808. The van der Waals surface area contributed by atoms with E-state index in [1.165, 1.54) is 4.88 Å². The molecule has 4 nitrogen and oxygen atoms in total. The molecule has 0 saturated heterocycles. The number of amides is 1. The topological polar surface area (TPSA) is 35.9 Å². The minimum atomic E-state index is 0.0467. The second-order valence-electron chi connectivity index (χ2n) is 5.69. The van der Waals surface area contributed by atoms with E-state index in [0.29, 0.717) is 13.1 Å². The van der Waals surface area contributed by atoms with Crippen LogP contribution in [0.1, 0.15) is 23.8 Å². The van der Waals surface area contributed by atoms with Gasteiger partial charge in [0, 0.05) is 17.8 Å². The third-order valence-corrected chi connectivity index (χ3v) is 5.23. The maximum Gasteiger partial charge on any atom is 0.256 e. The summed E-state index contributed by atoms with van der Waals surface area (Å²) in [5.74, 6) is 0.0467. The molecule has 0 bridgehead atoms. The van der Waals surface area contributed by atoms with Crippen LogP contribution in [0, 0.1) is 0 Å². The van der Waals surface area contributed by atoms with Crippen LogP contribution in [-0.4, -0.2) is 41.2 Å². The van der Waals surface area contributed by atoms with Gasteiger partial charge < -0.3 is 0 Å². The quantitative estimate of drug-likeness (QED) is 0.783. The maximum absolute atomic E-state index is 12.5. The van der Waals surface area contributed by atoms with Gasteiger partial charge in [0.1, 0.15) is 0 Å². The lowest BCUT2D eigenvalue weighted by Gasteiger charge is -2.21. The molecule has 1 aromatic carbocycles. The Morgan fingerprint density at radius 3 is 2.75 bits per heavy atom. The fraction of sp³-hybridized carbons (Fsp3) is 0.333. The van der Waals surface area contributed by atoms with E-state index in [1.54, 1.807) is 16.3 Å². The number of rotatable bonds is 6. The normalized spacial score (nSPS) is 14.3. The van der Waals surface area contributed by atoms with Crippen LogP contribution in [0.25, 0.3) is 0 Å². The lowest BCUT2D eigenvalue weighted by molar-refractivity contribution is -0.132. The van der Waals surface area contributed by atoms with E-state index < -0.39 is 0 Å². The lowest BCUT2D eigenvalue weighted by atomic mass is 10.1. The van der Waals surface area contributed by atoms with Crippen molar-refractivity contribution in [2.24, 2.45) is 5.10 Å². The van der Waals surface area contributed by atoms with Crippen LogP contribution in [0.15, 0.2) is 47.6 Å². The molecule has 0 radical (unpaired) electrons. The van der Waals surface area contributed by atoms with Gasteiger partial charge in [0.15, 0.2) is 0 Å². The van der Waals surface area contributed by atoms with Gasteiger partial charge in [0.25, 0.3) is 5.91 Å². The summed E-state index contributed by atoms with van der Waals surface area (Å²) in [5.41, 5.74) is 2.07.